The second-order valence-corrected chi connectivity index (χ2v) is 10.2. The van der Waals surface area contributed by atoms with Crippen molar-refractivity contribution in [1.29, 1.82) is 0 Å². The van der Waals surface area contributed by atoms with Crippen LogP contribution in [-0.4, -0.2) is 55.7 Å². The highest BCUT2D eigenvalue weighted by Crippen LogP contribution is 2.39. The zero-order chi connectivity index (χ0) is 24.7. The van der Waals surface area contributed by atoms with Crippen LogP contribution >= 0.6 is 0 Å². The van der Waals surface area contributed by atoms with Crippen molar-refractivity contribution in [2.24, 2.45) is 0 Å². The average molecular weight is 469 g/mol. The Balaban J connectivity index is 1.36. The van der Waals surface area contributed by atoms with Crippen LogP contribution in [0.25, 0.3) is 16.6 Å². The number of benzene rings is 1. The second-order valence-electron chi connectivity index (χ2n) is 10.2. The number of rotatable bonds is 5. The van der Waals surface area contributed by atoms with Gasteiger partial charge in [-0.15, -0.1) is 0 Å². The van der Waals surface area contributed by atoms with E-state index in [1.165, 1.54) is 11.1 Å². The van der Waals surface area contributed by atoms with E-state index in [2.05, 4.69) is 77.4 Å². The number of aromatic nitrogens is 4. The quantitative estimate of drug-likeness (QED) is 0.480. The molecular weight excluding hydrogens is 436 g/mol. The number of hydrogen-bond donors (Lipinski definition) is 1. The maximum absolute atomic E-state index is 13.2. The molecule has 1 saturated heterocycles. The molecule has 1 N–H and O–H groups in total. The molecule has 1 amide bonds. The van der Waals surface area contributed by atoms with E-state index >= 15 is 0 Å². The van der Waals surface area contributed by atoms with Crippen molar-refractivity contribution in [1.82, 2.24) is 30.0 Å². The summed E-state index contributed by atoms with van der Waals surface area (Å²) in [6.45, 7) is 9.41. The first-order valence-electron chi connectivity index (χ1n) is 12.1. The number of carbonyl (C=O) groups is 1. The van der Waals surface area contributed by atoms with Gasteiger partial charge in [0.2, 0.25) is 5.91 Å². The van der Waals surface area contributed by atoms with Crippen molar-refractivity contribution in [3.05, 3.63) is 83.6 Å². The molecule has 1 aromatic carbocycles. The van der Waals surface area contributed by atoms with Gasteiger partial charge in [-0.05, 0) is 64.1 Å². The maximum atomic E-state index is 13.2. The minimum absolute atomic E-state index is 0.00233. The van der Waals surface area contributed by atoms with Gasteiger partial charge in [0.05, 0.1) is 41.8 Å². The zero-order valence-corrected chi connectivity index (χ0v) is 21.0. The Morgan fingerprint density at radius 1 is 1.11 bits per heavy atom. The molecule has 2 atom stereocenters. The van der Waals surface area contributed by atoms with Gasteiger partial charge in [-0.1, -0.05) is 24.3 Å². The lowest BCUT2D eigenvalue weighted by molar-refractivity contribution is -0.121. The topological polar surface area (TPSA) is 75.9 Å². The first-order chi connectivity index (χ1) is 16.7. The molecule has 4 aromatic rings. The van der Waals surface area contributed by atoms with Crippen molar-refractivity contribution in [2.45, 2.75) is 51.6 Å². The van der Waals surface area contributed by atoms with E-state index in [0.29, 0.717) is 0 Å². The number of likely N-dealkylation sites (tertiary alicyclic amines) is 1. The van der Waals surface area contributed by atoms with Crippen molar-refractivity contribution in [3.8, 4) is 5.69 Å². The Morgan fingerprint density at radius 3 is 2.69 bits per heavy atom. The summed E-state index contributed by atoms with van der Waals surface area (Å²) in [5.74, 6) is 0.221. The molecule has 1 aliphatic rings. The number of pyridine rings is 2. The van der Waals surface area contributed by atoms with E-state index in [4.69, 9.17) is 0 Å². The highest BCUT2D eigenvalue weighted by molar-refractivity contribution is 5.83. The summed E-state index contributed by atoms with van der Waals surface area (Å²) in [7, 11) is 2.13. The number of likely N-dealkylation sites (N-methyl/N-ethyl adjacent to an activating group) is 1. The molecule has 7 heteroatoms. The van der Waals surface area contributed by atoms with Crippen LogP contribution in [0, 0.1) is 13.8 Å². The molecule has 35 heavy (non-hydrogen) atoms. The normalized spacial score (nSPS) is 19.8. The van der Waals surface area contributed by atoms with Gasteiger partial charge in [0.1, 0.15) is 0 Å². The van der Waals surface area contributed by atoms with Crippen molar-refractivity contribution in [2.75, 3.05) is 13.6 Å². The van der Waals surface area contributed by atoms with Crippen LogP contribution in [0.3, 0.4) is 0 Å². The number of hydrogen-bond acceptors (Lipinski definition) is 5. The summed E-state index contributed by atoms with van der Waals surface area (Å²) in [4.78, 5) is 24.4. The van der Waals surface area contributed by atoms with Gasteiger partial charge in [-0.25, -0.2) is 4.68 Å². The van der Waals surface area contributed by atoms with Crippen molar-refractivity contribution >= 4 is 16.8 Å². The third-order valence-electron chi connectivity index (χ3n) is 7.50. The number of aryl methyl sites for hydroxylation is 2. The molecule has 0 saturated carbocycles. The highest BCUT2D eigenvalue weighted by Gasteiger charge is 2.47. The molecule has 0 aliphatic carbocycles. The van der Waals surface area contributed by atoms with Crippen LogP contribution < -0.4 is 5.32 Å². The summed E-state index contributed by atoms with van der Waals surface area (Å²) >= 11 is 0. The van der Waals surface area contributed by atoms with E-state index in [0.717, 1.165) is 34.5 Å². The molecule has 0 radical (unpaired) electrons. The molecule has 0 spiro atoms. The zero-order valence-electron chi connectivity index (χ0n) is 21.0. The van der Waals surface area contributed by atoms with E-state index in [9.17, 15) is 4.79 Å². The third kappa shape index (κ3) is 4.32. The van der Waals surface area contributed by atoms with Gasteiger partial charge in [-0.2, -0.15) is 5.10 Å². The molecule has 0 bridgehead atoms. The number of nitrogens with zero attached hydrogens (tertiary/aromatic N) is 5. The fraction of sp³-hybridized carbons (Fsp3) is 0.357. The average Bonchev–Trinajstić information content (AvgIpc) is 3.33. The molecule has 3 aromatic heterocycles. The summed E-state index contributed by atoms with van der Waals surface area (Å²) in [5.41, 5.74) is 5.90. The Bertz CT molecular complexity index is 1390. The van der Waals surface area contributed by atoms with Gasteiger partial charge in [0.15, 0.2) is 0 Å². The van der Waals surface area contributed by atoms with Crippen LogP contribution in [0.5, 0.6) is 0 Å². The molecule has 180 valence electrons. The molecular formula is C28H32N6O. The molecule has 5 rings (SSSR count). The fourth-order valence-electron chi connectivity index (χ4n) is 5.25. The SMILES string of the molecule is Cc1cc(-n2ncc3cc(CC(=O)N[C@H]4[C@H](c5ccccc5C)CN(C)C4(C)C)ncc32)ccn1. The predicted molar refractivity (Wildman–Crippen MR) is 138 cm³/mol. The van der Waals surface area contributed by atoms with Crippen LogP contribution in [0.2, 0.25) is 0 Å². The molecule has 1 aliphatic heterocycles. The number of amides is 1. The number of fused-ring (bicyclic) bond motifs is 1. The lowest BCUT2D eigenvalue weighted by Crippen LogP contribution is -2.53. The first-order valence-corrected chi connectivity index (χ1v) is 12.1. The first kappa shape index (κ1) is 23.2. The summed E-state index contributed by atoms with van der Waals surface area (Å²) in [6.07, 6.45) is 5.62. The molecule has 4 heterocycles. The Labute approximate surface area is 206 Å². The van der Waals surface area contributed by atoms with Crippen LogP contribution in [0.4, 0.5) is 0 Å². The maximum Gasteiger partial charge on any atom is 0.226 e. The molecule has 7 nitrogen and oxygen atoms in total. The monoisotopic (exact) mass is 468 g/mol. The van der Waals surface area contributed by atoms with E-state index in [-0.39, 0.29) is 29.8 Å². The van der Waals surface area contributed by atoms with Crippen LogP contribution in [0.15, 0.2) is 61.1 Å². The highest BCUT2D eigenvalue weighted by atomic mass is 16.1. The lowest BCUT2D eigenvalue weighted by Gasteiger charge is -2.35. The standard InChI is InChI=1S/C28H32N6O/c1-18-8-6-7-9-23(18)24-17-33(5)28(3,4)27(24)32-26(35)14-21-13-20-15-31-34(25(20)16-30-21)22-10-11-29-19(2)12-22/h6-13,15-16,24,27H,14,17H2,1-5H3,(H,32,35)/t24-,27-/m0/s1. The van der Waals surface area contributed by atoms with Gasteiger partial charge < -0.3 is 5.32 Å². The van der Waals surface area contributed by atoms with Crippen molar-refractivity contribution < 1.29 is 4.79 Å². The Morgan fingerprint density at radius 2 is 1.91 bits per heavy atom. The van der Waals surface area contributed by atoms with Gasteiger partial charge in [0, 0.05) is 35.3 Å². The Hall–Kier alpha value is -3.58. The van der Waals surface area contributed by atoms with E-state index in [1.54, 1.807) is 12.4 Å². The largest absolute Gasteiger partial charge is 0.351 e. The van der Waals surface area contributed by atoms with E-state index < -0.39 is 0 Å². The molecule has 1 fully saturated rings. The van der Waals surface area contributed by atoms with Gasteiger partial charge >= 0.3 is 0 Å². The summed E-state index contributed by atoms with van der Waals surface area (Å²) in [5, 5.41) is 8.85. The summed E-state index contributed by atoms with van der Waals surface area (Å²) in [6, 6.07) is 14.3. The van der Waals surface area contributed by atoms with E-state index in [1.807, 2.05) is 36.0 Å². The van der Waals surface area contributed by atoms with Crippen LogP contribution in [0.1, 0.15) is 42.3 Å². The minimum atomic E-state index is -0.163. The summed E-state index contributed by atoms with van der Waals surface area (Å²) < 4.78 is 1.85. The smallest absolute Gasteiger partial charge is 0.226 e. The second kappa shape index (κ2) is 8.89. The minimum Gasteiger partial charge on any atom is -0.351 e. The third-order valence-corrected chi connectivity index (χ3v) is 7.50. The molecule has 0 unspecified atom stereocenters. The number of carbonyl (C=O) groups excluding carboxylic acids is 1. The predicted octanol–water partition coefficient (Wildman–Crippen LogP) is 3.97. The van der Waals surface area contributed by atoms with Crippen LogP contribution in [-0.2, 0) is 11.2 Å². The fourth-order valence-corrected chi connectivity index (χ4v) is 5.25. The Kier molecular flexibility index (Phi) is 5.89. The van der Waals surface area contributed by atoms with Crippen molar-refractivity contribution in [3.63, 3.8) is 0 Å². The number of nitrogens with one attached hydrogen (secondary N) is 1. The lowest BCUT2D eigenvalue weighted by atomic mass is 9.83. The van der Waals surface area contributed by atoms with Gasteiger partial charge in [0.25, 0.3) is 0 Å². The van der Waals surface area contributed by atoms with Gasteiger partial charge in [-0.3, -0.25) is 19.7 Å².